The molecule has 0 radical (unpaired) electrons. The molecule has 0 atom stereocenters. The van der Waals surface area contributed by atoms with Crippen molar-refractivity contribution in [3.05, 3.63) is 41.9 Å². The molecule has 1 saturated heterocycles. The lowest BCUT2D eigenvalue weighted by Crippen LogP contribution is -2.49. The Hall–Kier alpha value is -2.83. The van der Waals surface area contributed by atoms with E-state index in [2.05, 4.69) is 32.3 Å². The molecule has 0 spiro atoms. The van der Waals surface area contributed by atoms with Crippen molar-refractivity contribution in [2.75, 3.05) is 43.5 Å². The molecule has 2 heterocycles. The Kier molecular flexibility index (Phi) is 5.83. The number of carbonyl (C=O) groups is 1. The van der Waals surface area contributed by atoms with Crippen LogP contribution in [0.5, 0.6) is 5.75 Å². The Bertz CT molecular complexity index is 841. The minimum atomic E-state index is -0.0145. The van der Waals surface area contributed by atoms with Crippen LogP contribution in [0.2, 0.25) is 0 Å². The molecule has 1 aromatic heterocycles. The van der Waals surface area contributed by atoms with Crippen LogP contribution in [0.3, 0.4) is 0 Å². The summed E-state index contributed by atoms with van der Waals surface area (Å²) in [5, 5.41) is 3.48. The summed E-state index contributed by atoms with van der Waals surface area (Å²) in [4.78, 5) is 26.1. The van der Waals surface area contributed by atoms with Crippen LogP contribution < -0.4 is 15.0 Å². The Morgan fingerprint density at radius 1 is 1.07 bits per heavy atom. The van der Waals surface area contributed by atoms with Crippen LogP contribution in [0.15, 0.2) is 30.3 Å². The maximum atomic E-state index is 13.0. The molecular formula is C22H29N5O2. The molecule has 1 saturated carbocycles. The van der Waals surface area contributed by atoms with Gasteiger partial charge in [0.15, 0.2) is 0 Å². The molecule has 4 rings (SSSR count). The average molecular weight is 396 g/mol. The Morgan fingerprint density at radius 3 is 2.41 bits per heavy atom. The maximum absolute atomic E-state index is 13.0. The van der Waals surface area contributed by atoms with E-state index >= 15 is 0 Å². The molecule has 2 aromatic rings. The van der Waals surface area contributed by atoms with Gasteiger partial charge in [-0.2, -0.15) is 0 Å². The molecule has 1 N–H and O–H groups in total. The van der Waals surface area contributed by atoms with Gasteiger partial charge in [-0.3, -0.25) is 4.79 Å². The Labute approximate surface area is 172 Å². The van der Waals surface area contributed by atoms with E-state index < -0.39 is 0 Å². The van der Waals surface area contributed by atoms with E-state index in [1.54, 1.807) is 7.11 Å². The van der Waals surface area contributed by atoms with Crippen LogP contribution in [0.4, 0.5) is 11.5 Å². The number of carbonyl (C=O) groups excluding carboxylic acids is 1. The predicted molar refractivity (Wildman–Crippen MR) is 114 cm³/mol. The van der Waals surface area contributed by atoms with Crippen molar-refractivity contribution in [2.45, 2.75) is 38.6 Å². The molecular weight excluding hydrogens is 366 g/mol. The number of benzene rings is 1. The third-order valence-electron chi connectivity index (χ3n) is 5.77. The second kappa shape index (κ2) is 8.68. The van der Waals surface area contributed by atoms with Crippen molar-refractivity contribution < 1.29 is 9.53 Å². The van der Waals surface area contributed by atoms with E-state index in [0.29, 0.717) is 30.6 Å². The molecule has 1 amide bonds. The van der Waals surface area contributed by atoms with Crippen molar-refractivity contribution >= 4 is 17.4 Å². The number of anilines is 2. The molecule has 1 aliphatic heterocycles. The van der Waals surface area contributed by atoms with Crippen molar-refractivity contribution in [1.29, 1.82) is 0 Å². The third kappa shape index (κ3) is 4.60. The number of amides is 1. The highest BCUT2D eigenvalue weighted by Crippen LogP contribution is 2.23. The number of rotatable bonds is 5. The standard InChI is InChI=1S/C22H29N5O2/c1-16-23-20(15-21(24-16)25-17-5-3-4-6-17)22(28)27-13-11-26(12-14-27)18-7-9-19(29-2)10-8-18/h7-10,15,17H,3-6,11-14H2,1-2H3,(H,23,24,25). The first-order chi connectivity index (χ1) is 14.1. The molecule has 2 fully saturated rings. The van der Waals surface area contributed by atoms with E-state index in [1.807, 2.05) is 30.0 Å². The number of aryl methyl sites for hydroxylation is 1. The normalized spacial score (nSPS) is 17.4. The fraction of sp³-hybridized carbons (Fsp3) is 0.500. The van der Waals surface area contributed by atoms with Crippen LogP contribution >= 0.6 is 0 Å². The molecule has 0 bridgehead atoms. The zero-order valence-corrected chi connectivity index (χ0v) is 17.2. The minimum absolute atomic E-state index is 0.0145. The molecule has 154 valence electrons. The fourth-order valence-electron chi connectivity index (χ4n) is 4.15. The van der Waals surface area contributed by atoms with Crippen molar-refractivity contribution in [3.63, 3.8) is 0 Å². The third-order valence-corrected chi connectivity index (χ3v) is 5.77. The van der Waals surface area contributed by atoms with Crippen molar-refractivity contribution in [1.82, 2.24) is 14.9 Å². The highest BCUT2D eigenvalue weighted by Gasteiger charge is 2.24. The first-order valence-corrected chi connectivity index (χ1v) is 10.4. The van der Waals surface area contributed by atoms with Gasteiger partial charge in [0.25, 0.3) is 5.91 Å². The fourth-order valence-corrected chi connectivity index (χ4v) is 4.15. The quantitative estimate of drug-likeness (QED) is 0.839. The molecule has 1 aromatic carbocycles. The number of hydrogen-bond donors (Lipinski definition) is 1. The number of aromatic nitrogens is 2. The monoisotopic (exact) mass is 395 g/mol. The maximum Gasteiger partial charge on any atom is 0.272 e. The summed E-state index contributed by atoms with van der Waals surface area (Å²) < 4.78 is 5.23. The van der Waals surface area contributed by atoms with E-state index in [-0.39, 0.29) is 5.91 Å². The van der Waals surface area contributed by atoms with E-state index in [4.69, 9.17) is 4.74 Å². The smallest absolute Gasteiger partial charge is 0.272 e. The average Bonchev–Trinajstić information content (AvgIpc) is 3.26. The molecule has 29 heavy (non-hydrogen) atoms. The lowest BCUT2D eigenvalue weighted by atomic mass is 10.2. The molecule has 7 heteroatoms. The number of methoxy groups -OCH3 is 1. The van der Waals surface area contributed by atoms with Crippen LogP contribution in [0.1, 0.15) is 42.0 Å². The van der Waals surface area contributed by atoms with Crippen molar-refractivity contribution in [2.24, 2.45) is 0 Å². The SMILES string of the molecule is COc1ccc(N2CCN(C(=O)c3cc(NC4CCCC4)nc(C)n3)CC2)cc1. The summed E-state index contributed by atoms with van der Waals surface area (Å²) in [6.45, 7) is 4.81. The van der Waals surface area contributed by atoms with Crippen LogP contribution in [-0.2, 0) is 0 Å². The largest absolute Gasteiger partial charge is 0.497 e. The van der Waals surface area contributed by atoms with Crippen LogP contribution in [-0.4, -0.2) is 60.1 Å². The van der Waals surface area contributed by atoms with Crippen LogP contribution in [0, 0.1) is 6.92 Å². The van der Waals surface area contributed by atoms with Crippen molar-refractivity contribution in [3.8, 4) is 5.75 Å². The summed E-state index contributed by atoms with van der Waals surface area (Å²) in [5.74, 6) is 2.24. The summed E-state index contributed by atoms with van der Waals surface area (Å²) in [5.41, 5.74) is 1.63. The number of hydrogen-bond acceptors (Lipinski definition) is 6. The second-order valence-electron chi connectivity index (χ2n) is 7.79. The highest BCUT2D eigenvalue weighted by atomic mass is 16.5. The molecule has 1 aliphatic carbocycles. The number of nitrogens with one attached hydrogen (secondary N) is 1. The van der Waals surface area contributed by atoms with Gasteiger partial charge in [0.05, 0.1) is 7.11 Å². The van der Waals surface area contributed by atoms with Gasteiger partial charge in [0.2, 0.25) is 0 Å². The van der Waals surface area contributed by atoms with Gasteiger partial charge in [0.1, 0.15) is 23.1 Å². The van der Waals surface area contributed by atoms with E-state index in [9.17, 15) is 4.79 Å². The topological polar surface area (TPSA) is 70.6 Å². The number of nitrogens with zero attached hydrogens (tertiary/aromatic N) is 4. The summed E-state index contributed by atoms with van der Waals surface area (Å²) in [7, 11) is 1.67. The zero-order chi connectivity index (χ0) is 20.2. The van der Waals surface area contributed by atoms with E-state index in [0.717, 1.165) is 30.3 Å². The predicted octanol–water partition coefficient (Wildman–Crippen LogP) is 3.11. The molecule has 7 nitrogen and oxygen atoms in total. The number of ether oxygens (including phenoxy) is 1. The van der Waals surface area contributed by atoms with Gasteiger partial charge in [-0.05, 0) is 44.0 Å². The van der Waals surface area contributed by atoms with Gasteiger partial charge < -0.3 is 19.9 Å². The van der Waals surface area contributed by atoms with Gasteiger partial charge in [-0.25, -0.2) is 9.97 Å². The van der Waals surface area contributed by atoms with Gasteiger partial charge in [-0.15, -0.1) is 0 Å². The van der Waals surface area contributed by atoms with Gasteiger partial charge in [0, 0.05) is 44.0 Å². The highest BCUT2D eigenvalue weighted by molar-refractivity contribution is 5.93. The van der Waals surface area contributed by atoms with E-state index in [1.165, 1.54) is 25.7 Å². The molecule has 2 aliphatic rings. The first-order valence-electron chi connectivity index (χ1n) is 10.4. The molecule has 0 unspecified atom stereocenters. The van der Waals surface area contributed by atoms with Crippen LogP contribution in [0.25, 0.3) is 0 Å². The van der Waals surface area contributed by atoms with Gasteiger partial charge >= 0.3 is 0 Å². The summed E-state index contributed by atoms with van der Waals surface area (Å²) >= 11 is 0. The minimum Gasteiger partial charge on any atom is -0.497 e. The summed E-state index contributed by atoms with van der Waals surface area (Å²) in [6, 6.07) is 10.3. The zero-order valence-electron chi connectivity index (χ0n) is 17.2. The Balaban J connectivity index is 1.39. The summed E-state index contributed by atoms with van der Waals surface area (Å²) in [6.07, 6.45) is 4.84. The van der Waals surface area contributed by atoms with Gasteiger partial charge in [-0.1, -0.05) is 12.8 Å². The lowest BCUT2D eigenvalue weighted by molar-refractivity contribution is 0.0740. The number of piperazine rings is 1. The second-order valence-corrected chi connectivity index (χ2v) is 7.79. The lowest BCUT2D eigenvalue weighted by Gasteiger charge is -2.36. The Morgan fingerprint density at radius 2 is 1.76 bits per heavy atom. The first kappa shape index (κ1) is 19.5.